The van der Waals surface area contributed by atoms with Crippen molar-refractivity contribution in [2.75, 3.05) is 37.6 Å². The highest BCUT2D eigenvalue weighted by Crippen LogP contribution is 2.25. The lowest BCUT2D eigenvalue weighted by atomic mass is 9.98. The summed E-state index contributed by atoms with van der Waals surface area (Å²) >= 11 is 0. The van der Waals surface area contributed by atoms with Crippen LogP contribution in [0.1, 0.15) is 11.7 Å². The van der Waals surface area contributed by atoms with Crippen molar-refractivity contribution >= 4 is 23.2 Å². The van der Waals surface area contributed by atoms with Crippen LogP contribution in [0.2, 0.25) is 0 Å². The number of anilines is 1. The van der Waals surface area contributed by atoms with Crippen LogP contribution in [0.3, 0.4) is 0 Å². The molecule has 0 aromatic heterocycles. The van der Waals surface area contributed by atoms with E-state index in [1.165, 1.54) is 12.1 Å². The van der Waals surface area contributed by atoms with Gasteiger partial charge in [0.2, 0.25) is 0 Å². The van der Waals surface area contributed by atoms with E-state index in [1.807, 2.05) is 42.5 Å². The smallest absolute Gasteiger partial charge is 0.123 e. The van der Waals surface area contributed by atoms with Gasteiger partial charge in [0.25, 0.3) is 0 Å². The lowest BCUT2D eigenvalue weighted by Crippen LogP contribution is -2.49. The van der Waals surface area contributed by atoms with Gasteiger partial charge in [-0.3, -0.25) is 9.89 Å². The summed E-state index contributed by atoms with van der Waals surface area (Å²) in [5.74, 6) is -0.213. The van der Waals surface area contributed by atoms with E-state index in [-0.39, 0.29) is 11.9 Å². The molecule has 1 unspecified atom stereocenters. The van der Waals surface area contributed by atoms with Gasteiger partial charge in [0.15, 0.2) is 0 Å². The fourth-order valence-electron chi connectivity index (χ4n) is 3.98. The molecule has 3 aromatic carbocycles. The third kappa shape index (κ3) is 4.47. The minimum absolute atomic E-state index is 0.213. The molecule has 0 spiro atoms. The molecule has 1 N–H and O–H groups in total. The number of rotatable bonds is 6. The molecule has 0 saturated carbocycles. The highest BCUT2D eigenvalue weighted by Gasteiger charge is 2.25. The summed E-state index contributed by atoms with van der Waals surface area (Å²) in [6.45, 7) is 7.85. The van der Waals surface area contributed by atoms with E-state index in [0.717, 1.165) is 48.2 Å². The van der Waals surface area contributed by atoms with Crippen molar-refractivity contribution < 1.29 is 9.50 Å². The van der Waals surface area contributed by atoms with Gasteiger partial charge in [-0.25, -0.2) is 4.39 Å². The minimum atomic E-state index is -0.688. The third-order valence-corrected chi connectivity index (χ3v) is 5.72. The number of aliphatic hydroxyl groups is 1. The molecule has 5 heteroatoms. The maximum Gasteiger partial charge on any atom is 0.123 e. The molecular formula is C24H26FN3O. The number of aliphatic imine (C=N–C) groups is 1. The fourth-order valence-corrected chi connectivity index (χ4v) is 3.98. The topological polar surface area (TPSA) is 39.1 Å². The van der Waals surface area contributed by atoms with E-state index in [4.69, 9.17) is 0 Å². The second-order valence-corrected chi connectivity index (χ2v) is 7.57. The van der Waals surface area contributed by atoms with Crippen molar-refractivity contribution in [2.45, 2.75) is 12.1 Å². The Bertz CT molecular complexity index is 967. The van der Waals surface area contributed by atoms with E-state index in [0.29, 0.717) is 6.54 Å². The summed E-state index contributed by atoms with van der Waals surface area (Å²) in [7, 11) is 0. The molecule has 150 valence electrons. The first-order valence-corrected chi connectivity index (χ1v) is 9.99. The number of hydrogen-bond acceptors (Lipinski definition) is 4. The molecule has 0 radical (unpaired) electrons. The number of benzene rings is 3. The number of piperazine rings is 1. The number of nitrogens with zero attached hydrogens (tertiary/aromatic N) is 3. The first-order chi connectivity index (χ1) is 14.1. The van der Waals surface area contributed by atoms with Crippen molar-refractivity contribution in [1.82, 2.24) is 4.90 Å². The van der Waals surface area contributed by atoms with Gasteiger partial charge in [0.1, 0.15) is 11.9 Å². The average Bonchev–Trinajstić information content (AvgIpc) is 2.77. The summed E-state index contributed by atoms with van der Waals surface area (Å²) in [4.78, 5) is 8.79. The lowest BCUT2D eigenvalue weighted by Gasteiger charge is -2.37. The summed E-state index contributed by atoms with van der Waals surface area (Å²) in [6.07, 6.45) is -0.688. The van der Waals surface area contributed by atoms with Gasteiger partial charge in [-0.1, -0.05) is 36.4 Å². The van der Waals surface area contributed by atoms with Crippen LogP contribution in [0.25, 0.3) is 10.8 Å². The second kappa shape index (κ2) is 8.72. The molecule has 1 fully saturated rings. The highest BCUT2D eigenvalue weighted by atomic mass is 19.1. The van der Waals surface area contributed by atoms with Gasteiger partial charge in [-0.2, -0.15) is 0 Å². The number of fused-ring (bicyclic) bond motifs is 1. The Labute approximate surface area is 170 Å². The van der Waals surface area contributed by atoms with Gasteiger partial charge < -0.3 is 10.0 Å². The minimum Gasteiger partial charge on any atom is -0.386 e. The molecule has 0 aliphatic carbocycles. The first kappa shape index (κ1) is 19.6. The Kier molecular flexibility index (Phi) is 5.88. The Morgan fingerprint density at radius 2 is 1.62 bits per heavy atom. The zero-order valence-corrected chi connectivity index (χ0v) is 16.4. The molecule has 2 atom stereocenters. The standard InChI is InChI=1S/C24H26FN3O/c1-26-23(24(29)20-7-6-18-4-2-3-5-19(18)16-20)17-27-12-14-28(15-13-27)22-10-8-21(25)9-11-22/h2-11,16,23-24,29H,1,12-15,17H2/t23-,24?/m0/s1. The molecule has 4 nitrogen and oxygen atoms in total. The van der Waals surface area contributed by atoms with Crippen LogP contribution in [0.5, 0.6) is 0 Å². The summed E-state index contributed by atoms with van der Waals surface area (Å²) < 4.78 is 13.1. The molecule has 0 bridgehead atoms. The van der Waals surface area contributed by atoms with E-state index < -0.39 is 6.10 Å². The fraction of sp³-hybridized carbons (Fsp3) is 0.292. The van der Waals surface area contributed by atoms with Gasteiger partial charge in [0, 0.05) is 38.4 Å². The molecule has 1 heterocycles. The summed E-state index contributed by atoms with van der Waals surface area (Å²) in [5, 5.41) is 13.2. The Balaban J connectivity index is 1.38. The van der Waals surface area contributed by atoms with Crippen LogP contribution in [-0.4, -0.2) is 55.5 Å². The Morgan fingerprint density at radius 1 is 0.931 bits per heavy atom. The van der Waals surface area contributed by atoms with Gasteiger partial charge >= 0.3 is 0 Å². The molecule has 1 saturated heterocycles. The van der Waals surface area contributed by atoms with E-state index in [9.17, 15) is 9.50 Å². The van der Waals surface area contributed by atoms with Crippen molar-refractivity contribution in [3.05, 3.63) is 78.1 Å². The van der Waals surface area contributed by atoms with Crippen LogP contribution >= 0.6 is 0 Å². The maximum atomic E-state index is 13.1. The normalized spacial score (nSPS) is 17.2. The van der Waals surface area contributed by atoms with Gasteiger partial charge in [0.05, 0.1) is 6.04 Å². The van der Waals surface area contributed by atoms with Gasteiger partial charge in [-0.15, -0.1) is 0 Å². The second-order valence-electron chi connectivity index (χ2n) is 7.57. The highest BCUT2D eigenvalue weighted by molar-refractivity contribution is 5.83. The largest absolute Gasteiger partial charge is 0.386 e. The molecule has 0 amide bonds. The zero-order valence-electron chi connectivity index (χ0n) is 16.4. The van der Waals surface area contributed by atoms with Gasteiger partial charge in [-0.05, 0) is 53.4 Å². The van der Waals surface area contributed by atoms with Crippen molar-refractivity contribution in [3.8, 4) is 0 Å². The predicted molar refractivity (Wildman–Crippen MR) is 117 cm³/mol. The molecular weight excluding hydrogens is 365 g/mol. The zero-order chi connectivity index (χ0) is 20.2. The number of hydrogen-bond donors (Lipinski definition) is 1. The van der Waals surface area contributed by atoms with Crippen molar-refractivity contribution in [3.63, 3.8) is 0 Å². The van der Waals surface area contributed by atoms with E-state index in [2.05, 4.69) is 33.6 Å². The van der Waals surface area contributed by atoms with Crippen molar-refractivity contribution in [1.29, 1.82) is 0 Å². The van der Waals surface area contributed by atoms with Crippen LogP contribution in [0.4, 0.5) is 10.1 Å². The van der Waals surface area contributed by atoms with Crippen LogP contribution in [-0.2, 0) is 0 Å². The molecule has 1 aliphatic rings. The molecule has 3 aromatic rings. The maximum absolute atomic E-state index is 13.1. The number of halogens is 1. The Morgan fingerprint density at radius 3 is 2.31 bits per heavy atom. The van der Waals surface area contributed by atoms with Crippen LogP contribution < -0.4 is 4.90 Å². The lowest BCUT2D eigenvalue weighted by molar-refractivity contribution is 0.118. The van der Waals surface area contributed by atoms with Crippen LogP contribution in [0.15, 0.2) is 71.7 Å². The monoisotopic (exact) mass is 391 g/mol. The predicted octanol–water partition coefficient (Wildman–Crippen LogP) is 3.90. The molecule has 29 heavy (non-hydrogen) atoms. The van der Waals surface area contributed by atoms with Crippen LogP contribution in [0, 0.1) is 5.82 Å². The first-order valence-electron chi connectivity index (χ1n) is 9.99. The summed E-state index contributed by atoms with van der Waals surface area (Å²) in [6, 6.07) is 20.5. The quantitative estimate of drug-likeness (QED) is 0.648. The van der Waals surface area contributed by atoms with E-state index >= 15 is 0 Å². The number of aliphatic hydroxyl groups excluding tert-OH is 1. The summed E-state index contributed by atoms with van der Waals surface area (Å²) in [5.41, 5.74) is 1.91. The third-order valence-electron chi connectivity index (χ3n) is 5.72. The van der Waals surface area contributed by atoms with Crippen molar-refractivity contribution in [2.24, 2.45) is 4.99 Å². The molecule has 4 rings (SSSR count). The average molecular weight is 391 g/mol. The molecule has 1 aliphatic heterocycles. The van der Waals surface area contributed by atoms with E-state index in [1.54, 1.807) is 0 Å². The SMILES string of the molecule is C=N[C@@H](CN1CCN(c2ccc(F)cc2)CC1)C(O)c1ccc2ccccc2c1. The Hall–Kier alpha value is -2.76.